The van der Waals surface area contributed by atoms with Crippen molar-refractivity contribution in [3.05, 3.63) is 65.6 Å². The Bertz CT molecular complexity index is 1890. The zero-order valence-electron chi connectivity index (χ0n) is 24.8. The first-order chi connectivity index (χ1) is 22.5. The fourth-order valence-electron chi connectivity index (χ4n) is 5.49. The molecule has 0 aliphatic carbocycles. The Hall–Kier alpha value is -4.09. The molecule has 3 aromatic heterocycles. The predicted molar refractivity (Wildman–Crippen MR) is 167 cm³/mol. The number of aromatic nitrogens is 4. The van der Waals surface area contributed by atoms with Crippen LogP contribution in [-0.4, -0.2) is 110 Å². The number of hydrogen-bond donors (Lipinski definition) is 2. The summed E-state index contributed by atoms with van der Waals surface area (Å²) in [4.78, 5) is 28.8. The maximum absolute atomic E-state index is 15.7. The van der Waals surface area contributed by atoms with E-state index in [1.807, 2.05) is 0 Å². The number of carbonyl (C=O) groups is 2. The molecule has 2 radical (unpaired) electrons. The zero-order chi connectivity index (χ0) is 33.3. The normalized spacial score (nSPS) is 19.2. The molecule has 4 aromatic rings. The molecule has 3 aliphatic rings. The molecule has 47 heavy (non-hydrogen) atoms. The summed E-state index contributed by atoms with van der Waals surface area (Å²) >= 11 is 0.944. The van der Waals surface area contributed by atoms with Gasteiger partial charge in [0.15, 0.2) is 0 Å². The third-order valence-electron chi connectivity index (χ3n) is 7.71. The average molecular weight is 777 g/mol. The second-order valence-corrected chi connectivity index (χ2v) is 13.0. The maximum atomic E-state index is 15.7. The third-order valence-corrected chi connectivity index (χ3v) is 10.0. The number of carbonyl (C=O) groups excluding carboxylic acids is 2. The van der Waals surface area contributed by atoms with Crippen LogP contribution in [0, 0.1) is 11.8 Å². The third kappa shape index (κ3) is 7.11. The van der Waals surface area contributed by atoms with Crippen LogP contribution in [0.1, 0.15) is 32.8 Å². The van der Waals surface area contributed by atoms with Crippen LogP contribution in [0.25, 0.3) is 5.52 Å². The van der Waals surface area contributed by atoms with E-state index < -0.39 is 23.6 Å². The number of nitrogens with one attached hydrogen (secondary N) is 2. The van der Waals surface area contributed by atoms with Gasteiger partial charge in [-0.2, -0.15) is 0 Å². The van der Waals surface area contributed by atoms with E-state index in [0.29, 0.717) is 28.2 Å². The summed E-state index contributed by atoms with van der Waals surface area (Å²) in [5, 5.41) is 14.1. The van der Waals surface area contributed by atoms with E-state index in [9.17, 15) is 22.8 Å². The van der Waals surface area contributed by atoms with Gasteiger partial charge in [-0.25, -0.2) is 0 Å². The molecule has 1 fully saturated rings. The van der Waals surface area contributed by atoms with Gasteiger partial charge in [0.2, 0.25) is 0 Å². The van der Waals surface area contributed by atoms with E-state index in [0.717, 1.165) is 0 Å². The van der Waals surface area contributed by atoms with E-state index in [2.05, 4.69) is 32.7 Å². The molecule has 244 valence electrons. The van der Waals surface area contributed by atoms with E-state index in [4.69, 9.17) is 4.74 Å². The van der Waals surface area contributed by atoms with Gasteiger partial charge in [-0.3, -0.25) is 4.79 Å². The first-order valence-corrected chi connectivity index (χ1v) is 16.4. The van der Waals surface area contributed by atoms with Gasteiger partial charge in [0, 0.05) is 0 Å². The van der Waals surface area contributed by atoms with Gasteiger partial charge < -0.3 is 0 Å². The number of nitrogens with zero attached hydrogens (tertiary/aromatic N) is 6. The van der Waals surface area contributed by atoms with Crippen LogP contribution in [0.5, 0.6) is 5.75 Å². The minimum Gasteiger partial charge on any atom is -0.269 e. The number of rotatable bonds is 2. The summed E-state index contributed by atoms with van der Waals surface area (Å²) in [7, 11) is 1.47. The van der Waals surface area contributed by atoms with Crippen LogP contribution in [0.3, 0.4) is 0 Å². The SMILES string of the molecule is COc1ccc2cc1NCC#Cc1cc3c(cccn3c1SC(F)(F)F)[N]([Sb])C1CCN(CC1F)C(=O)c1cnn(n1)CCNC2=O. The number of halogens is 4. The standard InChI is InChI=1S/C30H27F4N8O3S.Sb/c1-45-26-7-6-18-14-23(26)35-9-2-4-19-15-25-22(5-3-11-41(25)29(19)46-30(32,33)34)38-21-8-12-40(17-20(21)31)28(44)24-16-37-42(39-24)13-10-36-27(18)43;/h3,5-7,11,14-16,20-21,35H,8-10,12-13,17H2,1H3,(H,36,43);/q-1;+1. The van der Waals surface area contributed by atoms with Crippen LogP contribution in [0.2, 0.25) is 0 Å². The van der Waals surface area contributed by atoms with Crippen molar-refractivity contribution < 1.29 is 31.9 Å². The number of hydrogen-bond acceptors (Lipinski definition) is 8. The van der Waals surface area contributed by atoms with Crippen LogP contribution >= 0.6 is 11.8 Å². The molecule has 8 bridgehead atoms. The predicted octanol–water partition coefficient (Wildman–Crippen LogP) is 3.50. The second kappa shape index (κ2) is 13.6. The summed E-state index contributed by atoms with van der Waals surface area (Å²) in [5.74, 6) is 5.34. The Labute approximate surface area is 284 Å². The Morgan fingerprint density at radius 1 is 1.15 bits per heavy atom. The van der Waals surface area contributed by atoms with Crippen LogP contribution < -0.4 is 18.4 Å². The van der Waals surface area contributed by atoms with Crippen molar-refractivity contribution >= 4 is 63.8 Å². The summed E-state index contributed by atoms with van der Waals surface area (Å²) in [6.07, 6.45) is 1.68. The summed E-state index contributed by atoms with van der Waals surface area (Å²) in [5.41, 5.74) is -2.61. The number of anilines is 2. The number of piperidine rings is 1. The Morgan fingerprint density at radius 2 is 1.98 bits per heavy atom. The first-order valence-electron chi connectivity index (χ1n) is 14.4. The minimum absolute atomic E-state index is 0.0348. The fraction of sp³-hybridized carbons (Fsp3) is 0.333. The molecule has 17 heteroatoms. The van der Waals surface area contributed by atoms with E-state index >= 15 is 4.39 Å². The molecule has 0 spiro atoms. The van der Waals surface area contributed by atoms with Crippen LogP contribution in [0.15, 0.2) is 53.8 Å². The van der Waals surface area contributed by atoms with Gasteiger partial charge in [0.25, 0.3) is 5.91 Å². The molecule has 6 heterocycles. The summed E-state index contributed by atoms with van der Waals surface area (Å²) in [6.45, 7) is 0.456. The summed E-state index contributed by atoms with van der Waals surface area (Å²) < 4.78 is 65.5. The quantitative estimate of drug-likeness (QED) is 0.138. The number of benzene rings is 1. The average Bonchev–Trinajstić information content (AvgIpc) is 3.65. The molecule has 0 saturated carbocycles. The van der Waals surface area contributed by atoms with Crippen molar-refractivity contribution in [1.82, 2.24) is 29.6 Å². The Morgan fingerprint density at radius 3 is 2.74 bits per heavy atom. The summed E-state index contributed by atoms with van der Waals surface area (Å²) in [6, 6.07) is 9.08. The second-order valence-electron chi connectivity index (χ2n) is 10.7. The molecule has 1 aromatic carbocycles. The molecular formula is C30H27F4N8O3SSb. The number of amides is 2. The Kier molecular flexibility index (Phi) is 9.48. The van der Waals surface area contributed by atoms with Gasteiger partial charge in [-0.1, -0.05) is 0 Å². The molecule has 3 aliphatic heterocycles. The van der Waals surface area contributed by atoms with Gasteiger partial charge >= 0.3 is 262 Å². The molecule has 7 rings (SSSR count). The van der Waals surface area contributed by atoms with Gasteiger partial charge in [0.1, 0.15) is 0 Å². The molecule has 2 atom stereocenters. The molecule has 2 N–H and O–H groups in total. The van der Waals surface area contributed by atoms with Crippen molar-refractivity contribution in [3.8, 4) is 17.6 Å². The van der Waals surface area contributed by atoms with Crippen LogP contribution in [-0.2, 0) is 6.54 Å². The number of thioether (sulfide) groups is 1. The van der Waals surface area contributed by atoms with Crippen molar-refractivity contribution in [1.29, 1.82) is 0 Å². The monoisotopic (exact) mass is 776 g/mol. The molecule has 1 saturated heterocycles. The van der Waals surface area contributed by atoms with E-state index in [-0.39, 0.29) is 73.1 Å². The fourth-order valence-corrected chi connectivity index (χ4v) is 7.41. The number of methoxy groups -OCH3 is 1. The van der Waals surface area contributed by atoms with Gasteiger partial charge in [-0.05, 0) is 6.07 Å². The Balaban J connectivity index is 1.39. The smallest absolute Gasteiger partial charge is 0.269 e. The number of ether oxygens (including phenoxy) is 1. The zero-order valence-corrected chi connectivity index (χ0v) is 28.2. The topological polar surface area (TPSA) is 109 Å². The minimum atomic E-state index is -4.58. The van der Waals surface area contributed by atoms with Crippen LogP contribution in [0.4, 0.5) is 28.9 Å². The van der Waals surface area contributed by atoms with Gasteiger partial charge in [-0.15, -0.1) is 0 Å². The van der Waals surface area contributed by atoms with Gasteiger partial charge in [0.05, 0.1) is 7.11 Å². The van der Waals surface area contributed by atoms with Crippen molar-refractivity contribution in [2.75, 3.05) is 41.7 Å². The van der Waals surface area contributed by atoms with E-state index in [1.54, 1.807) is 39.5 Å². The van der Waals surface area contributed by atoms with Crippen molar-refractivity contribution in [2.24, 2.45) is 0 Å². The number of alkyl halides is 4. The number of pyridine rings is 1. The van der Waals surface area contributed by atoms with Crippen molar-refractivity contribution in [2.45, 2.75) is 35.7 Å². The van der Waals surface area contributed by atoms with Crippen molar-refractivity contribution in [3.63, 3.8) is 0 Å². The molecule has 11 nitrogen and oxygen atoms in total. The molecule has 2 amide bonds. The first kappa shape index (κ1) is 32.8. The molecule has 2 unspecified atom stereocenters. The number of fused-ring (bicyclic) bond motifs is 7. The molecular weight excluding hydrogens is 750 g/mol. The van der Waals surface area contributed by atoms with E-state index in [1.165, 1.54) is 56.9 Å².